The van der Waals surface area contributed by atoms with Gasteiger partial charge in [-0.1, -0.05) is 84.9 Å². The minimum atomic E-state index is 0.501. The number of benzene rings is 4. The molecular formula is C26H24O3. The van der Waals surface area contributed by atoms with Gasteiger partial charge < -0.3 is 14.2 Å². The molecule has 3 nitrogen and oxygen atoms in total. The van der Waals surface area contributed by atoms with Crippen molar-refractivity contribution < 1.29 is 14.2 Å². The Hall–Kier alpha value is -3.30. The molecule has 0 saturated carbocycles. The molecule has 0 spiro atoms. The molecule has 0 saturated heterocycles. The number of rotatable bonds is 9. The van der Waals surface area contributed by atoms with Crippen LogP contribution in [0.15, 0.2) is 97.1 Å². The van der Waals surface area contributed by atoms with E-state index in [0.717, 1.165) is 33.4 Å². The first kappa shape index (κ1) is 19.0. The summed E-state index contributed by atoms with van der Waals surface area (Å²) in [5, 5.41) is 2.09. The molecule has 146 valence electrons. The summed E-state index contributed by atoms with van der Waals surface area (Å²) in [5.41, 5.74) is 2.31. The van der Waals surface area contributed by atoms with Crippen molar-refractivity contribution >= 4 is 10.8 Å². The number of hydrogen-bond donors (Lipinski definition) is 0. The van der Waals surface area contributed by atoms with Crippen LogP contribution in [0.1, 0.15) is 11.1 Å². The van der Waals surface area contributed by atoms with Crippen LogP contribution < -0.4 is 9.47 Å². The minimum absolute atomic E-state index is 0.501. The third-order valence-corrected chi connectivity index (χ3v) is 4.68. The molecule has 0 aromatic heterocycles. The van der Waals surface area contributed by atoms with Crippen LogP contribution in [0.2, 0.25) is 0 Å². The monoisotopic (exact) mass is 384 g/mol. The molecule has 0 unspecified atom stereocenters. The van der Waals surface area contributed by atoms with E-state index in [1.54, 1.807) is 0 Å². The lowest BCUT2D eigenvalue weighted by atomic mass is 10.1. The van der Waals surface area contributed by atoms with Crippen LogP contribution in [0, 0.1) is 0 Å². The lowest BCUT2D eigenvalue weighted by Crippen LogP contribution is -2.07. The van der Waals surface area contributed by atoms with Crippen molar-refractivity contribution in [2.24, 2.45) is 0 Å². The van der Waals surface area contributed by atoms with E-state index < -0.39 is 0 Å². The van der Waals surface area contributed by atoms with Gasteiger partial charge in [0, 0.05) is 10.8 Å². The first-order valence-corrected chi connectivity index (χ1v) is 9.83. The maximum atomic E-state index is 6.07. The highest BCUT2D eigenvalue weighted by atomic mass is 16.5. The molecule has 0 aliphatic heterocycles. The van der Waals surface area contributed by atoms with Gasteiger partial charge >= 0.3 is 0 Å². The van der Waals surface area contributed by atoms with E-state index in [1.807, 2.05) is 60.7 Å². The lowest BCUT2D eigenvalue weighted by Gasteiger charge is -2.13. The average molecular weight is 384 g/mol. The van der Waals surface area contributed by atoms with Crippen molar-refractivity contribution in [3.63, 3.8) is 0 Å². The second kappa shape index (κ2) is 9.76. The number of fused-ring (bicyclic) bond motifs is 1. The molecule has 29 heavy (non-hydrogen) atoms. The Kier molecular flexibility index (Phi) is 6.41. The Morgan fingerprint density at radius 3 is 1.62 bits per heavy atom. The molecule has 0 atom stereocenters. The first-order chi connectivity index (χ1) is 14.4. The van der Waals surface area contributed by atoms with Crippen molar-refractivity contribution in [2.45, 2.75) is 13.2 Å². The van der Waals surface area contributed by atoms with Crippen LogP contribution >= 0.6 is 0 Å². The predicted molar refractivity (Wildman–Crippen MR) is 116 cm³/mol. The summed E-state index contributed by atoms with van der Waals surface area (Å²) in [7, 11) is 0. The molecule has 0 radical (unpaired) electrons. The Morgan fingerprint density at radius 2 is 1.00 bits per heavy atom. The summed E-state index contributed by atoms with van der Waals surface area (Å²) in [5.74, 6) is 1.70. The van der Waals surface area contributed by atoms with Gasteiger partial charge in [-0.3, -0.25) is 0 Å². The van der Waals surface area contributed by atoms with Crippen LogP contribution in [0.5, 0.6) is 11.5 Å². The van der Waals surface area contributed by atoms with Gasteiger partial charge in [-0.05, 0) is 23.3 Å². The fraction of sp³-hybridized carbons (Fsp3) is 0.154. The maximum absolute atomic E-state index is 6.07. The molecule has 4 aromatic rings. The van der Waals surface area contributed by atoms with Gasteiger partial charge in [-0.25, -0.2) is 0 Å². The highest BCUT2D eigenvalue weighted by molar-refractivity contribution is 5.93. The summed E-state index contributed by atoms with van der Waals surface area (Å²) in [6.45, 7) is 2.17. The Balaban J connectivity index is 1.37. The molecule has 0 N–H and O–H groups in total. The third kappa shape index (κ3) is 5.15. The molecule has 0 fully saturated rings. The molecular weight excluding hydrogens is 360 g/mol. The minimum Gasteiger partial charge on any atom is -0.491 e. The van der Waals surface area contributed by atoms with Crippen LogP contribution in [-0.4, -0.2) is 13.2 Å². The van der Waals surface area contributed by atoms with Gasteiger partial charge in [0.2, 0.25) is 0 Å². The summed E-state index contributed by atoms with van der Waals surface area (Å²) in [4.78, 5) is 0. The zero-order chi connectivity index (χ0) is 19.7. The van der Waals surface area contributed by atoms with E-state index in [9.17, 15) is 0 Å². The highest BCUT2D eigenvalue weighted by Gasteiger charge is 2.07. The van der Waals surface area contributed by atoms with E-state index in [-0.39, 0.29) is 0 Å². The van der Waals surface area contributed by atoms with Crippen LogP contribution in [0.4, 0.5) is 0 Å². The molecule has 4 rings (SSSR count). The molecule has 0 bridgehead atoms. The van der Waals surface area contributed by atoms with Gasteiger partial charge in [0.25, 0.3) is 0 Å². The van der Waals surface area contributed by atoms with Gasteiger partial charge in [-0.15, -0.1) is 0 Å². The smallest absolute Gasteiger partial charge is 0.127 e. The summed E-state index contributed by atoms with van der Waals surface area (Å²) >= 11 is 0. The first-order valence-electron chi connectivity index (χ1n) is 9.83. The van der Waals surface area contributed by atoms with Crippen LogP contribution in [0.25, 0.3) is 10.8 Å². The molecule has 0 aliphatic rings. The maximum Gasteiger partial charge on any atom is 0.127 e. The summed E-state index contributed by atoms with van der Waals surface area (Å²) < 4.78 is 17.8. The van der Waals surface area contributed by atoms with Crippen molar-refractivity contribution in [3.8, 4) is 11.5 Å². The quantitative estimate of drug-likeness (QED) is 0.331. The van der Waals surface area contributed by atoms with Gasteiger partial charge in [-0.2, -0.15) is 0 Å². The van der Waals surface area contributed by atoms with Gasteiger partial charge in [0.15, 0.2) is 0 Å². The highest BCUT2D eigenvalue weighted by Crippen LogP contribution is 2.32. The van der Waals surface area contributed by atoms with E-state index >= 15 is 0 Å². The van der Waals surface area contributed by atoms with E-state index in [0.29, 0.717) is 26.4 Å². The topological polar surface area (TPSA) is 27.7 Å². The van der Waals surface area contributed by atoms with Crippen molar-refractivity contribution in [2.75, 3.05) is 13.2 Å². The van der Waals surface area contributed by atoms with Crippen LogP contribution in [0.3, 0.4) is 0 Å². The Labute approximate surface area is 171 Å². The predicted octanol–water partition coefficient (Wildman–Crippen LogP) is 6.01. The van der Waals surface area contributed by atoms with Crippen molar-refractivity contribution in [1.29, 1.82) is 0 Å². The SMILES string of the molecule is c1ccc(COCCOc2cccc3c(OCc4ccccc4)cccc23)cc1. The van der Waals surface area contributed by atoms with Crippen molar-refractivity contribution in [3.05, 3.63) is 108 Å². The number of ether oxygens (including phenoxy) is 3. The lowest BCUT2D eigenvalue weighted by molar-refractivity contribution is 0.0894. The van der Waals surface area contributed by atoms with E-state index in [2.05, 4.69) is 36.4 Å². The fourth-order valence-corrected chi connectivity index (χ4v) is 3.21. The second-order valence-electron chi connectivity index (χ2n) is 6.77. The van der Waals surface area contributed by atoms with E-state index in [1.165, 1.54) is 0 Å². The van der Waals surface area contributed by atoms with E-state index in [4.69, 9.17) is 14.2 Å². The zero-order valence-electron chi connectivity index (χ0n) is 16.3. The van der Waals surface area contributed by atoms with Gasteiger partial charge in [0.05, 0.1) is 13.2 Å². The molecule has 4 aromatic carbocycles. The summed E-state index contributed by atoms with van der Waals surface area (Å²) in [6, 6.07) is 32.4. The second-order valence-corrected chi connectivity index (χ2v) is 6.77. The average Bonchev–Trinajstić information content (AvgIpc) is 2.79. The largest absolute Gasteiger partial charge is 0.491 e. The Bertz CT molecular complexity index is 1030. The molecule has 0 aliphatic carbocycles. The Morgan fingerprint density at radius 1 is 0.448 bits per heavy atom. The molecule has 0 heterocycles. The third-order valence-electron chi connectivity index (χ3n) is 4.68. The molecule has 0 amide bonds. The standard InChI is InChI=1S/C26H24O3/c1-3-9-21(10-4-1)19-27-17-18-28-25-15-7-14-24-23(25)13-8-16-26(24)29-20-22-11-5-2-6-12-22/h1-16H,17-20H2. The fourth-order valence-electron chi connectivity index (χ4n) is 3.21. The normalized spacial score (nSPS) is 10.8. The zero-order valence-corrected chi connectivity index (χ0v) is 16.3. The van der Waals surface area contributed by atoms with Crippen molar-refractivity contribution in [1.82, 2.24) is 0 Å². The van der Waals surface area contributed by atoms with Crippen LogP contribution in [-0.2, 0) is 18.0 Å². The molecule has 3 heteroatoms. The summed E-state index contributed by atoms with van der Waals surface area (Å²) in [6.07, 6.45) is 0. The number of hydrogen-bond acceptors (Lipinski definition) is 3. The van der Waals surface area contributed by atoms with Gasteiger partial charge in [0.1, 0.15) is 24.7 Å².